The Kier molecular flexibility index (Phi) is 19.6. The Morgan fingerprint density at radius 1 is 0.949 bits per heavy atom. The first-order chi connectivity index (χ1) is 36.4. The topological polar surface area (TPSA) is 398 Å². The summed E-state index contributed by atoms with van der Waals surface area (Å²) in [7, 11) is -16.5. The van der Waals surface area contributed by atoms with Crippen LogP contribution in [0.25, 0.3) is 11.2 Å². The third kappa shape index (κ3) is 14.3. The molecule has 2 amide bonds. The number of ketones is 2. The van der Waals surface area contributed by atoms with Gasteiger partial charge in [-0.05, 0) is 105 Å². The number of ether oxygens (including phenoxy) is 1. The molecule has 3 heterocycles. The SMILES string of the molecule is CC(C(=O)CCC(C)C1CCC2C3CCC4=CC(=O)CCC4(C)C3CCC12C)C(=O)SCCNC(=O)CCNC(=O)C(O)C(C)(C)COP(=O)(O)OP(=O)(O)OCC1OC(n2cnc3c(N)ncnc32)C(O)C1OP(=O)(O)O. The maximum Gasteiger partial charge on any atom is 0.481 e. The number of anilines is 1. The number of nitrogens with one attached hydrogen (secondary N) is 2. The van der Waals surface area contributed by atoms with Gasteiger partial charge in [0, 0.05) is 43.5 Å². The number of phosphoric acid groups is 3. The zero-order valence-electron chi connectivity index (χ0n) is 44.5. The first kappa shape index (κ1) is 62.2. The number of imidazole rings is 1. The largest absolute Gasteiger partial charge is 0.481 e. The summed E-state index contributed by atoms with van der Waals surface area (Å²) in [5.41, 5.74) is 5.95. The fraction of sp³-hybridized carbons (Fsp3) is 0.750. The zero-order valence-corrected chi connectivity index (χ0v) is 48.0. The fourth-order valence-electron chi connectivity index (χ4n) is 12.9. The minimum Gasteiger partial charge on any atom is -0.386 e. The summed E-state index contributed by atoms with van der Waals surface area (Å²) in [6, 6.07) is 0. The highest BCUT2D eigenvalue weighted by Gasteiger charge is 2.59. The number of carbonyl (C=O) groups is 5. The molecule has 2 aromatic rings. The predicted octanol–water partition coefficient (Wildman–Crippen LogP) is 4.43. The summed E-state index contributed by atoms with van der Waals surface area (Å²) in [6.07, 6.45) is 4.37. The molecule has 15 unspecified atom stereocenters. The maximum atomic E-state index is 13.3. The van der Waals surface area contributed by atoms with Crippen molar-refractivity contribution in [3.05, 3.63) is 24.3 Å². The van der Waals surface area contributed by atoms with Crippen LogP contribution in [0.15, 0.2) is 24.3 Å². The minimum atomic E-state index is -5.61. The van der Waals surface area contributed by atoms with Gasteiger partial charge in [0.25, 0.3) is 0 Å². The maximum absolute atomic E-state index is 13.3. The summed E-state index contributed by atoms with van der Waals surface area (Å²) in [4.78, 5) is 115. The van der Waals surface area contributed by atoms with Crippen LogP contribution in [0.3, 0.4) is 0 Å². The molecule has 1 aliphatic heterocycles. The number of hydrogen-bond acceptors (Lipinski definition) is 20. The highest BCUT2D eigenvalue weighted by atomic mass is 32.2. The molecule has 26 nitrogen and oxygen atoms in total. The molecule has 4 aliphatic carbocycles. The van der Waals surface area contributed by atoms with Crippen molar-refractivity contribution in [3.8, 4) is 0 Å². The van der Waals surface area contributed by atoms with Crippen LogP contribution in [0.5, 0.6) is 0 Å². The number of hydrogen-bond donors (Lipinski definition) is 9. The Balaban J connectivity index is 0.772. The van der Waals surface area contributed by atoms with Crippen LogP contribution in [-0.2, 0) is 60.3 Å². The van der Waals surface area contributed by atoms with E-state index in [-0.39, 0.29) is 69.8 Å². The number of allylic oxidation sites excluding steroid dienone is 1. The summed E-state index contributed by atoms with van der Waals surface area (Å²) in [6.45, 7) is 9.05. The van der Waals surface area contributed by atoms with Gasteiger partial charge in [0.2, 0.25) is 11.8 Å². The Bertz CT molecular complexity index is 2760. The number of fused-ring (bicyclic) bond motifs is 6. The predicted molar refractivity (Wildman–Crippen MR) is 280 cm³/mol. The van der Waals surface area contributed by atoms with Gasteiger partial charge in [0.15, 0.2) is 28.6 Å². The molecular weight excluding hydrogens is 1100 g/mol. The van der Waals surface area contributed by atoms with Crippen molar-refractivity contribution in [1.82, 2.24) is 30.2 Å². The van der Waals surface area contributed by atoms with Crippen LogP contribution in [0.4, 0.5) is 5.82 Å². The van der Waals surface area contributed by atoms with Crippen molar-refractivity contribution < 1.29 is 90.1 Å². The molecule has 78 heavy (non-hydrogen) atoms. The smallest absolute Gasteiger partial charge is 0.386 e. The average molecular weight is 1180 g/mol. The van der Waals surface area contributed by atoms with E-state index in [2.05, 4.69) is 55.2 Å². The Hall–Kier alpha value is -3.36. The summed E-state index contributed by atoms with van der Waals surface area (Å²) < 4.78 is 62.7. The van der Waals surface area contributed by atoms with Crippen LogP contribution in [0.2, 0.25) is 0 Å². The van der Waals surface area contributed by atoms with Gasteiger partial charge in [-0.25, -0.2) is 28.6 Å². The van der Waals surface area contributed by atoms with Crippen molar-refractivity contribution in [1.29, 1.82) is 0 Å². The molecule has 7 rings (SSSR count). The summed E-state index contributed by atoms with van der Waals surface area (Å²) in [5, 5.41) is 26.4. The minimum absolute atomic E-state index is 0.0236. The molecule has 3 saturated carbocycles. The number of phosphoric ester groups is 3. The number of nitrogens with two attached hydrogens (primary N) is 1. The molecule has 0 spiro atoms. The lowest BCUT2D eigenvalue weighted by molar-refractivity contribution is -0.137. The highest BCUT2D eigenvalue weighted by molar-refractivity contribution is 8.13. The van der Waals surface area contributed by atoms with Gasteiger partial charge in [-0.15, -0.1) is 0 Å². The number of thioether (sulfide) groups is 1. The van der Waals surface area contributed by atoms with Gasteiger partial charge in [-0.2, -0.15) is 4.31 Å². The van der Waals surface area contributed by atoms with Gasteiger partial charge in [-0.1, -0.05) is 52.0 Å². The number of rotatable bonds is 25. The van der Waals surface area contributed by atoms with E-state index in [9.17, 15) is 67.5 Å². The third-order valence-electron chi connectivity index (χ3n) is 17.2. The lowest BCUT2D eigenvalue weighted by atomic mass is 9.46. The molecular formula is C48H74N7O19P3S. The molecule has 30 heteroatoms. The Labute approximate surface area is 456 Å². The number of amides is 2. The van der Waals surface area contributed by atoms with Crippen LogP contribution in [0, 0.1) is 51.8 Å². The number of nitrogen functional groups attached to an aromatic ring is 1. The van der Waals surface area contributed by atoms with Crippen LogP contribution >= 0.6 is 35.2 Å². The van der Waals surface area contributed by atoms with E-state index in [0.29, 0.717) is 42.4 Å². The number of carbonyl (C=O) groups excluding carboxylic acids is 5. The van der Waals surface area contributed by atoms with Crippen molar-refractivity contribution in [2.75, 3.05) is 37.8 Å². The molecule has 0 radical (unpaired) electrons. The van der Waals surface area contributed by atoms with E-state index in [1.54, 1.807) is 6.92 Å². The standard InChI is InChI=1S/C48H74N7O19P3S/c1-26(31-10-11-32-30-9-8-28-21-29(56)13-16-47(28,5)33(30)14-17-48(31,32)6)7-12-34(57)27(2)45(62)78-20-19-50-36(58)15-18-51-43(61)40(60)46(3,4)23-71-77(68,69)74-76(66,67)70-22-35-39(73-75(63,64)65)38(59)44(72-35)55-25-54-37-41(49)52-24-53-42(37)55/h21,24-27,30-33,35,38-40,44,59-60H,7-20,22-23H2,1-6H3,(H,50,58)(H,51,61)(H,66,67)(H,68,69)(H2,49,52,53)(H2,63,64,65). The molecule has 1 saturated heterocycles. The lowest BCUT2D eigenvalue weighted by Gasteiger charge is -2.58. The number of nitrogens with zero attached hydrogens (tertiary/aromatic N) is 4. The second kappa shape index (κ2) is 24.6. The molecule has 5 aliphatic rings. The second-order valence-electron chi connectivity index (χ2n) is 22.6. The van der Waals surface area contributed by atoms with E-state index >= 15 is 0 Å². The van der Waals surface area contributed by atoms with E-state index in [4.69, 9.17) is 19.5 Å². The van der Waals surface area contributed by atoms with E-state index < -0.39 is 90.5 Å². The fourth-order valence-corrected chi connectivity index (χ4v) is 16.5. The van der Waals surface area contributed by atoms with Crippen molar-refractivity contribution >= 4 is 80.7 Å². The zero-order chi connectivity index (χ0) is 57.3. The van der Waals surface area contributed by atoms with E-state index in [1.807, 2.05) is 6.08 Å². The summed E-state index contributed by atoms with van der Waals surface area (Å²) in [5.74, 6) is 0.808. The molecule has 2 aromatic heterocycles. The molecule has 4 fully saturated rings. The number of aromatic nitrogens is 4. The van der Waals surface area contributed by atoms with Crippen LogP contribution in [0.1, 0.15) is 118 Å². The Morgan fingerprint density at radius 3 is 2.38 bits per heavy atom. The van der Waals surface area contributed by atoms with Crippen molar-refractivity contribution in [2.45, 2.75) is 143 Å². The third-order valence-corrected chi connectivity index (χ3v) is 21.3. The van der Waals surface area contributed by atoms with E-state index in [1.165, 1.54) is 32.3 Å². The first-order valence-corrected chi connectivity index (χ1v) is 31.7. The molecule has 15 atom stereocenters. The Morgan fingerprint density at radius 2 is 1.67 bits per heavy atom. The highest BCUT2D eigenvalue weighted by Crippen LogP contribution is 2.68. The first-order valence-electron chi connectivity index (χ1n) is 26.2. The van der Waals surface area contributed by atoms with Gasteiger partial charge in [-0.3, -0.25) is 42.1 Å². The quantitative estimate of drug-likeness (QED) is 0.0377. The lowest BCUT2D eigenvalue weighted by Crippen LogP contribution is -2.51. The monoisotopic (exact) mass is 1180 g/mol. The normalized spacial score (nSPS) is 30.9. The number of aliphatic hydroxyl groups excluding tert-OH is 2. The molecule has 10 N–H and O–H groups in total. The van der Waals surface area contributed by atoms with Gasteiger partial charge in [0.1, 0.15) is 42.0 Å². The average Bonchev–Trinajstić information content (AvgIpc) is 4.22. The van der Waals surface area contributed by atoms with Gasteiger partial charge >= 0.3 is 23.5 Å². The van der Waals surface area contributed by atoms with Crippen molar-refractivity contribution in [2.24, 2.45) is 51.8 Å². The number of aliphatic hydroxyl groups is 2. The second-order valence-corrected chi connectivity index (χ2v) is 28.0. The van der Waals surface area contributed by atoms with Gasteiger partial charge < -0.3 is 50.9 Å². The van der Waals surface area contributed by atoms with Gasteiger partial charge in [0.05, 0.1) is 25.5 Å². The molecule has 0 aromatic carbocycles. The summed E-state index contributed by atoms with van der Waals surface area (Å²) >= 11 is 0.955. The van der Waals surface area contributed by atoms with Crippen LogP contribution in [-0.4, -0.2) is 134 Å². The van der Waals surface area contributed by atoms with E-state index in [0.717, 1.165) is 67.5 Å². The molecule has 0 bridgehead atoms. The van der Waals surface area contributed by atoms with Crippen molar-refractivity contribution in [3.63, 3.8) is 0 Å². The van der Waals surface area contributed by atoms with Crippen LogP contribution < -0.4 is 16.4 Å². The molecule has 436 valence electrons. The number of Topliss-reactive ketones (excluding diaryl/α,β-unsaturated/α-hetero) is 1.